The highest BCUT2D eigenvalue weighted by molar-refractivity contribution is 9.08. The number of benzene rings is 3. The second-order valence-corrected chi connectivity index (χ2v) is 52.6. The molecule has 31 nitrogen and oxygen atoms in total. The summed E-state index contributed by atoms with van der Waals surface area (Å²) in [5, 5.41) is 29.2. The van der Waals surface area contributed by atoms with Crippen LogP contribution in [0.5, 0.6) is 0 Å². The molecule has 12 atom stereocenters. The SMILES string of the molecule is CC[C@H]1O[C@@H](n2cc(CBr)c(=O)n(C(=O)OC(C)(C)C)c2=O)CC1O[Si](C)(C)C(C)(C)C.CC[C@H]1O[C@@H](n2cc(COCc3ccccc3C)c(=O)[nH]c2=O)CC1O[Si](C)(C)C(C)(C)C.Cc1ccccc1COCc1cn([C@H]2CC(O)[C@@H](CO)O2)c(=O)[nH]c1=O.Cc1ccccc1COCc1cn([C@H]2CC(O[Si](C)(C)C(C)(C)C)[C@@H](CO)O2)c(=O)[nH]c1=O. The number of aromatic nitrogens is 8. The van der Waals surface area contributed by atoms with Gasteiger partial charge >= 0.3 is 28.9 Å². The normalized spacial score (nSPS) is 21.9. The molecule has 11 rings (SSSR count). The van der Waals surface area contributed by atoms with E-state index in [2.05, 4.69) is 139 Å². The molecule has 7 aromatic rings. The quantitative estimate of drug-likeness (QED) is 0.0206. The average molecular weight is 1850 g/mol. The summed E-state index contributed by atoms with van der Waals surface area (Å²) in [5.41, 5.74) is 2.32. The van der Waals surface area contributed by atoms with E-state index in [0.29, 0.717) is 54.8 Å². The molecule has 0 amide bonds. The maximum absolute atomic E-state index is 13.2. The molecule has 8 heterocycles. The first-order chi connectivity index (χ1) is 57.9. The van der Waals surface area contributed by atoms with E-state index in [-0.39, 0.29) is 102 Å². The van der Waals surface area contributed by atoms with Crippen LogP contribution in [0, 0.1) is 20.8 Å². The topological polar surface area (TPSA) is 388 Å². The van der Waals surface area contributed by atoms with Crippen molar-refractivity contribution in [1.29, 1.82) is 0 Å². The second kappa shape index (κ2) is 43.0. The van der Waals surface area contributed by atoms with E-state index in [4.69, 9.17) is 56.3 Å². The molecule has 4 aliphatic heterocycles. The molecule has 0 aliphatic carbocycles. The second-order valence-electron chi connectivity index (χ2n) is 37.8. The number of alkyl halides is 1. The fourth-order valence-corrected chi connectivity index (χ4v) is 18.1. The summed E-state index contributed by atoms with van der Waals surface area (Å²) >= 11 is 3.28. The highest BCUT2D eigenvalue weighted by Crippen LogP contribution is 2.45. The number of ether oxygens (including phenoxy) is 8. The molecule has 3 aromatic carbocycles. The van der Waals surface area contributed by atoms with Crippen LogP contribution in [0.4, 0.5) is 4.79 Å². The number of aliphatic hydroxyl groups excluding tert-OH is 3. The minimum Gasteiger partial charge on any atom is -0.443 e. The Balaban J connectivity index is 0.000000206. The van der Waals surface area contributed by atoms with Gasteiger partial charge < -0.3 is 66.5 Å². The zero-order chi connectivity index (χ0) is 92.1. The van der Waals surface area contributed by atoms with Crippen LogP contribution in [-0.4, -0.2) is 152 Å². The third-order valence-corrected chi connectivity index (χ3v) is 38.4. The molecule has 686 valence electrons. The third-order valence-electron chi connectivity index (χ3n) is 24.3. The van der Waals surface area contributed by atoms with Crippen LogP contribution in [-0.2, 0) is 96.1 Å². The van der Waals surface area contributed by atoms with Gasteiger partial charge in [-0.2, -0.15) is 4.57 Å². The lowest BCUT2D eigenvalue weighted by molar-refractivity contribution is -0.0461. The van der Waals surface area contributed by atoms with Crippen molar-refractivity contribution in [3.05, 3.63) is 237 Å². The summed E-state index contributed by atoms with van der Waals surface area (Å²) in [6.45, 7) is 48.6. The minimum absolute atomic E-state index is 0.00152. The molecule has 0 radical (unpaired) electrons. The van der Waals surface area contributed by atoms with Crippen LogP contribution in [0.1, 0.15) is 216 Å². The van der Waals surface area contributed by atoms with E-state index >= 15 is 0 Å². The van der Waals surface area contributed by atoms with Gasteiger partial charge in [0, 0.05) is 61.4 Å². The molecule has 0 spiro atoms. The Kier molecular flexibility index (Phi) is 35.4. The molecule has 0 bridgehead atoms. The van der Waals surface area contributed by atoms with Gasteiger partial charge in [-0.1, -0.05) is 165 Å². The largest absolute Gasteiger partial charge is 0.443 e. The molecule has 4 fully saturated rings. The number of aryl methyl sites for hydroxylation is 3. The molecule has 0 saturated carbocycles. The number of H-pyrrole nitrogens is 3. The van der Waals surface area contributed by atoms with Crippen molar-refractivity contribution in [2.75, 3.05) is 13.2 Å². The number of rotatable bonds is 27. The monoisotopic (exact) mass is 1840 g/mol. The number of aliphatic hydroxyl groups is 3. The van der Waals surface area contributed by atoms with Crippen LogP contribution in [0.15, 0.2) is 136 Å². The van der Waals surface area contributed by atoms with Crippen LogP contribution in [0.3, 0.4) is 0 Å². The number of nitrogens with zero attached hydrogens (tertiary/aromatic N) is 5. The van der Waals surface area contributed by atoms with Crippen molar-refractivity contribution in [3.8, 4) is 0 Å². The zero-order valence-electron chi connectivity index (χ0n) is 76.4. The molecule has 4 aliphatic rings. The molecule has 124 heavy (non-hydrogen) atoms. The predicted molar refractivity (Wildman–Crippen MR) is 483 cm³/mol. The van der Waals surface area contributed by atoms with Gasteiger partial charge in [-0.15, -0.1) is 0 Å². The highest BCUT2D eigenvalue weighted by atomic mass is 79.9. The smallest absolute Gasteiger partial charge is 0.425 e. The van der Waals surface area contributed by atoms with E-state index in [1.807, 2.05) is 100 Å². The van der Waals surface area contributed by atoms with Crippen LogP contribution in [0.2, 0.25) is 54.4 Å². The van der Waals surface area contributed by atoms with E-state index in [9.17, 15) is 53.4 Å². The van der Waals surface area contributed by atoms with Gasteiger partial charge in [0.25, 0.3) is 22.2 Å². The highest BCUT2D eigenvalue weighted by Gasteiger charge is 2.49. The number of aromatic amines is 3. The lowest BCUT2D eigenvalue weighted by Crippen LogP contribution is -2.47. The van der Waals surface area contributed by atoms with Crippen molar-refractivity contribution in [1.82, 2.24) is 37.8 Å². The summed E-state index contributed by atoms with van der Waals surface area (Å²) in [5.74, 6) is 0. The summed E-state index contributed by atoms with van der Waals surface area (Å²) in [4.78, 5) is 120. The number of hydrogen-bond donors (Lipinski definition) is 6. The molecule has 6 N–H and O–H groups in total. The van der Waals surface area contributed by atoms with Crippen LogP contribution >= 0.6 is 15.9 Å². The molecule has 4 unspecified atom stereocenters. The Hall–Kier alpha value is -7.54. The lowest BCUT2D eigenvalue weighted by atomic mass is 10.1. The number of nitrogens with one attached hydrogen (secondary N) is 3. The first kappa shape index (κ1) is 102. The molecule has 4 aromatic heterocycles. The molecular formula is C89H133BrN8O23Si3. The Labute approximate surface area is 736 Å². The fourth-order valence-electron chi connectivity index (χ4n) is 13.6. The molecular weight excluding hydrogens is 1710 g/mol. The van der Waals surface area contributed by atoms with Gasteiger partial charge in [-0.25, -0.2) is 24.0 Å². The average Bonchev–Trinajstić information content (AvgIpc) is 1.54. The number of carbonyl (C=O) groups is 1. The van der Waals surface area contributed by atoms with E-state index in [0.717, 1.165) is 46.2 Å². The maximum Gasteiger partial charge on any atom is 0.425 e. The van der Waals surface area contributed by atoms with Gasteiger partial charge in [0.05, 0.1) is 106 Å². The van der Waals surface area contributed by atoms with E-state index < -0.39 is 125 Å². The summed E-state index contributed by atoms with van der Waals surface area (Å²) in [6, 6.07) is 23.6. The first-order valence-electron chi connectivity index (χ1n) is 42.5. The van der Waals surface area contributed by atoms with Gasteiger partial charge in [-0.3, -0.25) is 52.4 Å². The Morgan fingerprint density at radius 3 is 1.02 bits per heavy atom. The van der Waals surface area contributed by atoms with Gasteiger partial charge in [0.15, 0.2) is 25.0 Å². The number of carbonyl (C=O) groups excluding carboxylic acids is 1. The van der Waals surface area contributed by atoms with E-state index in [1.54, 1.807) is 27.0 Å². The van der Waals surface area contributed by atoms with Crippen molar-refractivity contribution in [2.24, 2.45) is 0 Å². The van der Waals surface area contributed by atoms with Crippen molar-refractivity contribution in [2.45, 2.75) is 335 Å². The maximum atomic E-state index is 13.2. The van der Waals surface area contributed by atoms with E-state index in [1.165, 1.54) is 36.9 Å². The van der Waals surface area contributed by atoms with Gasteiger partial charge in [0.1, 0.15) is 42.7 Å². The third kappa shape index (κ3) is 26.4. The lowest BCUT2D eigenvalue weighted by Gasteiger charge is -2.39. The summed E-state index contributed by atoms with van der Waals surface area (Å²) < 4.78 is 72.0. The number of hydrogen-bond acceptors (Lipinski definition) is 23. The Morgan fingerprint density at radius 1 is 0.435 bits per heavy atom. The van der Waals surface area contributed by atoms with Crippen molar-refractivity contribution in [3.63, 3.8) is 0 Å². The Morgan fingerprint density at radius 2 is 0.726 bits per heavy atom. The van der Waals surface area contributed by atoms with Crippen LogP contribution in [0.25, 0.3) is 0 Å². The minimum atomic E-state index is -2.10. The summed E-state index contributed by atoms with van der Waals surface area (Å²) in [6.07, 6.45) is 2.48. The van der Waals surface area contributed by atoms with Gasteiger partial charge in [0.2, 0.25) is 0 Å². The van der Waals surface area contributed by atoms with Gasteiger partial charge in [-0.05, 0) is 142 Å². The standard InChI is InChI=1S/C25H38N2O5Si.C24H36N2O6Si.C22H37BrN2O6Si.C18H22N2O6/c1-8-20-21(32-33(6,7)25(3,4)5)13-22(31-20)27-14-19(23(28)26-24(27)29)16-30-15-18-12-10-9-11-17(18)2;1-16-9-7-8-10-17(16)14-30-15-18-12-26(23(29)25-22(18)28)21-11-19(20(13-27)31-21)32-33(5,6)24(2,3)4;1-10-15-16(31-32(8,9)22(5,6)7)11-17(29-15)24-13-14(12-23)18(26)25(19(24)27)20(28)30-21(2,3)4;1-11-4-2-3-5-12(11)9-25-10-13-7-20(18(24)19-17(13)23)16-6-14(22)15(8-21)26-16/h9-12,14,20-22H,8,13,15-16H2,1-7H3,(H,26,28,29);7-10,12,19-21,27H,11,13-15H2,1-6H3,(H,25,28,29);13,15-17H,10-12H2,1-9H3;2-5,7,14-16,21-22H,6,8-10H2,1H3,(H,19,23,24)/t20-,21?,22-;19?,20-,21-;15-,16?,17-;14?,15-,16-/m1111/s1. The van der Waals surface area contributed by atoms with Crippen molar-refractivity contribution >= 4 is 47.0 Å². The Bertz CT molecular complexity index is 5090. The predicted octanol–water partition coefficient (Wildman–Crippen LogP) is 12.9. The number of halogens is 1. The van der Waals surface area contributed by atoms with Crippen LogP contribution < -0.4 is 45.0 Å². The molecule has 35 heteroatoms. The van der Waals surface area contributed by atoms with Crippen molar-refractivity contribution < 1.29 is 71.3 Å². The molecule has 4 saturated heterocycles. The first-order valence-corrected chi connectivity index (χ1v) is 52.3. The zero-order valence-corrected chi connectivity index (χ0v) is 81.0. The fraction of sp³-hybridized carbons (Fsp3) is 0.607. The summed E-state index contributed by atoms with van der Waals surface area (Å²) in [7, 11) is -6.15.